The molecule has 1 aliphatic heterocycles. The van der Waals surface area contributed by atoms with E-state index in [4.69, 9.17) is 15.2 Å². The van der Waals surface area contributed by atoms with Crippen LogP contribution in [-0.4, -0.2) is 49.3 Å². The van der Waals surface area contributed by atoms with E-state index >= 15 is 0 Å². The molecule has 1 heterocycles. The molecule has 1 fully saturated rings. The molecule has 0 spiro atoms. The maximum atomic E-state index is 11.8. The van der Waals surface area contributed by atoms with E-state index in [-0.39, 0.29) is 36.1 Å². The van der Waals surface area contributed by atoms with Gasteiger partial charge in [-0.3, -0.25) is 0 Å². The van der Waals surface area contributed by atoms with E-state index in [0.29, 0.717) is 44.7 Å². The minimum absolute atomic E-state index is 0. The smallest absolute Gasteiger partial charge is 0.409 e. The molecule has 0 aromatic heterocycles. The van der Waals surface area contributed by atoms with Gasteiger partial charge in [-0.15, -0.1) is 24.0 Å². The Morgan fingerprint density at radius 3 is 2.66 bits per heavy atom. The lowest BCUT2D eigenvalue weighted by Crippen LogP contribution is -2.48. The summed E-state index contributed by atoms with van der Waals surface area (Å²) in [4.78, 5) is 18.0. The van der Waals surface area contributed by atoms with E-state index in [1.165, 1.54) is 0 Å². The molecule has 0 aliphatic carbocycles. The van der Waals surface area contributed by atoms with E-state index in [1.54, 1.807) is 4.90 Å². The first-order chi connectivity index (χ1) is 13.5. The number of ether oxygens (including phenoxy) is 2. The number of para-hydroxylation sites is 1. The van der Waals surface area contributed by atoms with E-state index in [1.807, 2.05) is 31.2 Å². The zero-order valence-electron chi connectivity index (χ0n) is 17.7. The van der Waals surface area contributed by atoms with Crippen LogP contribution in [0.5, 0.6) is 5.75 Å². The number of amides is 1. The first-order valence-corrected chi connectivity index (χ1v) is 10.2. The molecule has 1 saturated heterocycles. The first kappa shape index (κ1) is 25.3. The predicted molar refractivity (Wildman–Crippen MR) is 127 cm³/mol. The highest BCUT2D eigenvalue weighted by Gasteiger charge is 2.23. The highest BCUT2D eigenvalue weighted by atomic mass is 127. The van der Waals surface area contributed by atoms with Crippen LogP contribution in [0.1, 0.15) is 45.6 Å². The largest absolute Gasteiger partial charge is 0.493 e. The molecule has 2 rings (SSSR count). The molecule has 8 heteroatoms. The number of aliphatic imine (C=N–C) groups is 1. The van der Waals surface area contributed by atoms with Crippen LogP contribution in [0.2, 0.25) is 0 Å². The normalized spacial score (nSPS) is 15.0. The Hall–Kier alpha value is -1.71. The molecule has 1 aromatic carbocycles. The topological polar surface area (TPSA) is 89.2 Å². The summed E-state index contributed by atoms with van der Waals surface area (Å²) < 4.78 is 10.9. The van der Waals surface area contributed by atoms with Gasteiger partial charge >= 0.3 is 6.09 Å². The molecule has 0 unspecified atom stereocenters. The van der Waals surface area contributed by atoms with E-state index < -0.39 is 0 Å². The van der Waals surface area contributed by atoms with Gasteiger partial charge in [-0.25, -0.2) is 9.79 Å². The summed E-state index contributed by atoms with van der Waals surface area (Å²) in [5, 5.41) is 3.27. The van der Waals surface area contributed by atoms with Crippen molar-refractivity contribution in [2.75, 3.05) is 26.3 Å². The summed E-state index contributed by atoms with van der Waals surface area (Å²) in [6.07, 6.45) is 2.43. The number of nitrogens with two attached hydrogens (primary N) is 1. The number of nitrogens with one attached hydrogen (secondary N) is 1. The van der Waals surface area contributed by atoms with Crippen molar-refractivity contribution in [2.24, 2.45) is 16.6 Å². The van der Waals surface area contributed by atoms with E-state index in [0.717, 1.165) is 30.6 Å². The molecule has 1 amide bonds. The van der Waals surface area contributed by atoms with Gasteiger partial charge in [0.15, 0.2) is 5.96 Å². The second-order valence-corrected chi connectivity index (χ2v) is 7.44. The van der Waals surface area contributed by atoms with Crippen LogP contribution in [0.4, 0.5) is 4.79 Å². The third-order valence-electron chi connectivity index (χ3n) is 4.72. The predicted octanol–water partition coefficient (Wildman–Crippen LogP) is 3.75. The number of benzene rings is 1. The monoisotopic (exact) mass is 518 g/mol. The Bertz CT molecular complexity index is 647. The molecule has 0 atom stereocenters. The average molecular weight is 518 g/mol. The molecular formula is C21H35IN4O3. The summed E-state index contributed by atoms with van der Waals surface area (Å²) >= 11 is 0. The van der Waals surface area contributed by atoms with Crippen LogP contribution in [0.25, 0.3) is 0 Å². The van der Waals surface area contributed by atoms with Gasteiger partial charge < -0.3 is 25.4 Å². The zero-order chi connectivity index (χ0) is 20.4. The number of carbonyl (C=O) groups excluding carboxylic acids is 1. The number of rotatable bonds is 8. The Kier molecular flexibility index (Phi) is 11.8. The van der Waals surface area contributed by atoms with Crippen LogP contribution in [0.3, 0.4) is 0 Å². The van der Waals surface area contributed by atoms with Crippen molar-refractivity contribution >= 4 is 36.0 Å². The maximum Gasteiger partial charge on any atom is 0.409 e. The molecule has 29 heavy (non-hydrogen) atoms. The fraction of sp³-hybridized carbons (Fsp3) is 0.619. The molecule has 1 aliphatic rings. The fourth-order valence-electron chi connectivity index (χ4n) is 3.03. The Labute approximate surface area is 191 Å². The highest BCUT2D eigenvalue weighted by molar-refractivity contribution is 14.0. The Morgan fingerprint density at radius 2 is 2.00 bits per heavy atom. The molecular weight excluding hydrogens is 483 g/mol. The van der Waals surface area contributed by atoms with Gasteiger partial charge in [0.1, 0.15) is 5.75 Å². The van der Waals surface area contributed by atoms with Crippen LogP contribution < -0.4 is 15.8 Å². The van der Waals surface area contributed by atoms with Gasteiger partial charge in [0.25, 0.3) is 0 Å². The molecule has 0 radical (unpaired) electrons. The van der Waals surface area contributed by atoms with Crippen molar-refractivity contribution in [3.05, 3.63) is 29.8 Å². The molecule has 3 N–H and O–H groups in total. The second kappa shape index (κ2) is 13.5. The molecule has 0 bridgehead atoms. The number of hydrogen-bond acceptors (Lipinski definition) is 4. The summed E-state index contributed by atoms with van der Waals surface area (Å²) in [6.45, 7) is 9.08. The number of hydrogen-bond donors (Lipinski definition) is 2. The maximum absolute atomic E-state index is 11.8. The average Bonchev–Trinajstić information content (AvgIpc) is 2.67. The number of nitrogens with zero attached hydrogens (tertiary/aromatic N) is 2. The number of guanidine groups is 1. The molecule has 1 aromatic rings. The van der Waals surface area contributed by atoms with Crippen molar-refractivity contribution < 1.29 is 14.3 Å². The first-order valence-electron chi connectivity index (χ1n) is 10.2. The van der Waals surface area contributed by atoms with Crippen molar-refractivity contribution in [1.82, 2.24) is 10.2 Å². The van der Waals surface area contributed by atoms with Crippen molar-refractivity contribution in [3.63, 3.8) is 0 Å². The van der Waals surface area contributed by atoms with Gasteiger partial charge in [-0.1, -0.05) is 32.0 Å². The summed E-state index contributed by atoms with van der Waals surface area (Å²) in [6, 6.07) is 8.15. The lowest BCUT2D eigenvalue weighted by atomic mass is 10.1. The molecule has 7 nitrogen and oxygen atoms in total. The van der Waals surface area contributed by atoms with Crippen LogP contribution in [-0.2, 0) is 11.3 Å². The van der Waals surface area contributed by atoms with Gasteiger partial charge in [0, 0.05) is 24.7 Å². The number of piperidine rings is 1. The second-order valence-electron chi connectivity index (χ2n) is 7.44. The van der Waals surface area contributed by atoms with Gasteiger partial charge in [0.05, 0.1) is 19.8 Å². The summed E-state index contributed by atoms with van der Waals surface area (Å²) in [7, 11) is 0. The van der Waals surface area contributed by atoms with Crippen LogP contribution >= 0.6 is 24.0 Å². The minimum Gasteiger partial charge on any atom is -0.493 e. The summed E-state index contributed by atoms with van der Waals surface area (Å²) in [5.74, 6) is 1.90. The van der Waals surface area contributed by atoms with Gasteiger partial charge in [-0.05, 0) is 38.2 Å². The summed E-state index contributed by atoms with van der Waals surface area (Å²) in [5.41, 5.74) is 7.10. The van der Waals surface area contributed by atoms with Crippen molar-refractivity contribution in [1.29, 1.82) is 0 Å². The number of carbonyl (C=O) groups is 1. The van der Waals surface area contributed by atoms with Crippen LogP contribution in [0.15, 0.2) is 29.3 Å². The number of halogens is 1. The van der Waals surface area contributed by atoms with E-state index in [2.05, 4.69) is 24.2 Å². The van der Waals surface area contributed by atoms with Crippen molar-refractivity contribution in [2.45, 2.75) is 52.6 Å². The third-order valence-corrected chi connectivity index (χ3v) is 4.72. The van der Waals surface area contributed by atoms with E-state index in [9.17, 15) is 4.79 Å². The lowest BCUT2D eigenvalue weighted by molar-refractivity contribution is 0.0963. The number of likely N-dealkylation sites (tertiary alicyclic amines) is 1. The SMILES string of the molecule is CCOC(=O)N1CCC(NC(N)=NCc2ccccc2OCCC(C)C)CC1.I. The minimum atomic E-state index is -0.239. The van der Waals surface area contributed by atoms with Crippen LogP contribution in [0, 0.1) is 5.92 Å². The lowest BCUT2D eigenvalue weighted by Gasteiger charge is -2.31. The Morgan fingerprint density at radius 1 is 1.31 bits per heavy atom. The molecule has 0 saturated carbocycles. The highest BCUT2D eigenvalue weighted by Crippen LogP contribution is 2.19. The van der Waals surface area contributed by atoms with Gasteiger partial charge in [0.2, 0.25) is 0 Å². The third kappa shape index (κ3) is 9.10. The standard InChI is InChI=1S/C21H34N4O3.HI/c1-4-27-21(26)25-12-9-18(10-13-25)24-20(22)23-15-17-7-5-6-8-19(17)28-14-11-16(2)3;/h5-8,16,18H,4,9-15H2,1-3H3,(H3,22,23,24);1H. The quantitative estimate of drug-likeness (QED) is 0.311. The molecule has 164 valence electrons. The van der Waals surface area contributed by atoms with Gasteiger partial charge in [-0.2, -0.15) is 0 Å². The zero-order valence-corrected chi connectivity index (χ0v) is 20.1. The fourth-order valence-corrected chi connectivity index (χ4v) is 3.03. The van der Waals surface area contributed by atoms with Crippen molar-refractivity contribution in [3.8, 4) is 5.75 Å². The Balaban J connectivity index is 0.00000420.